The third-order valence-electron chi connectivity index (χ3n) is 11.2. The second-order valence-electron chi connectivity index (χ2n) is 16.1. The fourth-order valence-electron chi connectivity index (χ4n) is 8.20. The third-order valence-corrected chi connectivity index (χ3v) is 15.2. The van der Waals surface area contributed by atoms with E-state index in [-0.39, 0.29) is 5.41 Å². The summed E-state index contributed by atoms with van der Waals surface area (Å²) in [6.07, 6.45) is 0. The average molecular weight is 794 g/mol. The highest BCUT2D eigenvalue weighted by atomic mass is 32.3. The van der Waals surface area contributed by atoms with Gasteiger partial charge in [-0.3, -0.25) is 0 Å². The molecule has 0 spiro atoms. The monoisotopic (exact) mass is 793 g/mol. The summed E-state index contributed by atoms with van der Waals surface area (Å²) in [7, 11) is -1.84. The van der Waals surface area contributed by atoms with E-state index in [4.69, 9.17) is 19.4 Å². The van der Waals surface area contributed by atoms with E-state index in [0.717, 1.165) is 49.8 Å². The highest BCUT2D eigenvalue weighted by molar-refractivity contribution is 8.34. The zero-order valence-electron chi connectivity index (χ0n) is 33.8. The maximum atomic E-state index is 6.51. The van der Waals surface area contributed by atoms with Crippen molar-refractivity contribution < 1.29 is 4.42 Å². The third kappa shape index (κ3) is 6.67. The molecule has 290 valence electrons. The molecule has 0 radical (unpaired) electrons. The van der Waals surface area contributed by atoms with Crippen LogP contribution in [0.1, 0.15) is 26.3 Å². The van der Waals surface area contributed by atoms with Crippen molar-refractivity contribution in [3.8, 4) is 45.3 Å². The number of rotatable bonds is 8. The summed E-state index contributed by atoms with van der Waals surface area (Å²) in [4.78, 5) is 20.3. The van der Waals surface area contributed by atoms with Gasteiger partial charge in [-0.25, -0.2) is 15.0 Å². The van der Waals surface area contributed by atoms with Gasteiger partial charge >= 0.3 is 0 Å². The Labute approximate surface area is 352 Å². The van der Waals surface area contributed by atoms with E-state index in [0.29, 0.717) is 17.5 Å². The van der Waals surface area contributed by atoms with Crippen molar-refractivity contribution in [2.24, 2.45) is 0 Å². The molecule has 2 aromatic heterocycles. The van der Waals surface area contributed by atoms with E-state index >= 15 is 0 Å². The lowest BCUT2D eigenvalue weighted by atomic mass is 9.87. The SMILES string of the molecule is CC(C)(C)c1ccc(S(c2ccccc2)(c2ccccc2)c2ccc(-c3ccc4oc5cccc(-c6nc(-c7ccccc7)nc(-c7ccccc7)n6)c5c4c3)cc2)cc1. The highest BCUT2D eigenvalue weighted by Gasteiger charge is 2.33. The summed E-state index contributed by atoms with van der Waals surface area (Å²) in [5, 5.41) is 1.99. The summed E-state index contributed by atoms with van der Waals surface area (Å²) in [5.41, 5.74) is 7.97. The zero-order chi connectivity index (χ0) is 40.7. The molecule has 2 heterocycles. The number of aromatic nitrogens is 3. The van der Waals surface area contributed by atoms with Crippen LogP contribution in [0.15, 0.2) is 230 Å². The Hall–Kier alpha value is -7.08. The van der Waals surface area contributed by atoms with Crippen molar-refractivity contribution >= 4 is 32.0 Å². The lowest BCUT2D eigenvalue weighted by Crippen LogP contribution is -2.11. The molecule has 5 heteroatoms. The first-order valence-electron chi connectivity index (χ1n) is 20.3. The fraction of sp³-hybridized carbons (Fsp3) is 0.0727. The molecule has 0 saturated heterocycles. The van der Waals surface area contributed by atoms with Gasteiger partial charge in [0.05, 0.1) is 0 Å². The summed E-state index contributed by atoms with van der Waals surface area (Å²) < 4.78 is 6.51. The first-order chi connectivity index (χ1) is 29.4. The standard InChI is InChI=1S/C55H43N3OS/c1-55(2,3)42-30-34-46(35-31-42)60(43-21-12-6-13-22-43,44-23-14-7-15-24-44)45-32-27-38(28-33-45)41-29-36-49-48(37-41)51-47(25-16-26-50(51)59-49)54-57-52(39-17-8-4-9-18-39)56-53(58-54)40-19-10-5-11-20-40/h4-37H,1-3H3. The van der Waals surface area contributed by atoms with Crippen molar-refractivity contribution in [3.63, 3.8) is 0 Å². The Balaban J connectivity index is 1.11. The molecular formula is C55H43N3OS. The van der Waals surface area contributed by atoms with Crippen LogP contribution in [0.5, 0.6) is 0 Å². The van der Waals surface area contributed by atoms with Gasteiger partial charge in [-0.1, -0.05) is 160 Å². The first kappa shape index (κ1) is 37.2. The molecule has 0 fully saturated rings. The molecule has 10 rings (SSSR count). The average Bonchev–Trinajstić information content (AvgIpc) is 3.69. The minimum absolute atomic E-state index is 0.0569. The Morgan fingerprint density at radius 2 is 0.850 bits per heavy atom. The van der Waals surface area contributed by atoms with Crippen LogP contribution in [-0.4, -0.2) is 15.0 Å². The molecule has 0 N–H and O–H groups in total. The Bertz CT molecular complexity index is 2990. The lowest BCUT2D eigenvalue weighted by Gasteiger charge is -2.42. The van der Waals surface area contributed by atoms with Gasteiger partial charge in [0.1, 0.15) is 11.2 Å². The van der Waals surface area contributed by atoms with Crippen LogP contribution in [-0.2, 0) is 5.41 Å². The minimum Gasteiger partial charge on any atom is -0.456 e. The largest absolute Gasteiger partial charge is 0.456 e. The summed E-state index contributed by atoms with van der Waals surface area (Å²) in [5.74, 6) is 1.85. The molecule has 0 bridgehead atoms. The number of hydrogen-bond donors (Lipinski definition) is 0. The van der Waals surface area contributed by atoms with Gasteiger partial charge in [0.25, 0.3) is 0 Å². The molecular weight excluding hydrogens is 751 g/mol. The number of benzene rings is 8. The van der Waals surface area contributed by atoms with Gasteiger partial charge in [-0.2, -0.15) is 0 Å². The molecule has 0 aliphatic rings. The van der Waals surface area contributed by atoms with Crippen molar-refractivity contribution in [3.05, 3.63) is 212 Å². The second-order valence-corrected chi connectivity index (χ2v) is 19.2. The molecule has 0 unspecified atom stereocenters. The molecule has 4 nitrogen and oxygen atoms in total. The summed E-state index contributed by atoms with van der Waals surface area (Å²) >= 11 is 0. The Morgan fingerprint density at radius 3 is 1.38 bits per heavy atom. The van der Waals surface area contributed by atoms with Crippen molar-refractivity contribution in [2.75, 3.05) is 0 Å². The van der Waals surface area contributed by atoms with Crippen LogP contribution in [0.3, 0.4) is 0 Å². The predicted molar refractivity (Wildman–Crippen MR) is 248 cm³/mol. The van der Waals surface area contributed by atoms with Gasteiger partial charge in [0.2, 0.25) is 0 Å². The zero-order valence-corrected chi connectivity index (χ0v) is 34.6. The van der Waals surface area contributed by atoms with Crippen molar-refractivity contribution in [1.82, 2.24) is 15.0 Å². The smallest absolute Gasteiger partial charge is 0.164 e. The first-order valence-corrected chi connectivity index (χ1v) is 22.0. The van der Waals surface area contributed by atoms with Gasteiger partial charge in [-0.15, -0.1) is 10.0 Å². The fourth-order valence-corrected chi connectivity index (χ4v) is 12.1. The minimum atomic E-state index is -1.84. The van der Waals surface area contributed by atoms with Gasteiger partial charge < -0.3 is 4.42 Å². The van der Waals surface area contributed by atoms with E-state index in [1.54, 1.807) is 0 Å². The Kier molecular flexibility index (Phi) is 9.46. The predicted octanol–water partition coefficient (Wildman–Crippen LogP) is 15.1. The topological polar surface area (TPSA) is 51.8 Å². The molecule has 60 heavy (non-hydrogen) atoms. The molecule has 0 aliphatic carbocycles. The molecule has 0 saturated carbocycles. The van der Waals surface area contributed by atoms with E-state index in [9.17, 15) is 0 Å². The van der Waals surface area contributed by atoms with Gasteiger partial charge in [-0.05, 0) is 88.8 Å². The van der Waals surface area contributed by atoms with Crippen LogP contribution in [0.25, 0.3) is 67.2 Å². The Morgan fingerprint density at radius 1 is 0.383 bits per heavy atom. The quantitative estimate of drug-likeness (QED) is 0.154. The van der Waals surface area contributed by atoms with E-state index < -0.39 is 10.0 Å². The molecule has 0 aliphatic heterocycles. The number of hydrogen-bond acceptors (Lipinski definition) is 4. The van der Waals surface area contributed by atoms with Crippen molar-refractivity contribution in [1.29, 1.82) is 0 Å². The normalized spacial score (nSPS) is 12.2. The van der Waals surface area contributed by atoms with Crippen LogP contribution >= 0.6 is 10.0 Å². The van der Waals surface area contributed by atoms with Crippen LogP contribution in [0, 0.1) is 0 Å². The van der Waals surface area contributed by atoms with E-state index in [2.05, 4.69) is 154 Å². The van der Waals surface area contributed by atoms with Crippen LogP contribution < -0.4 is 0 Å². The van der Waals surface area contributed by atoms with Gasteiger partial charge in [0.15, 0.2) is 17.5 Å². The van der Waals surface area contributed by atoms with Gasteiger partial charge in [0, 0.05) is 47.0 Å². The lowest BCUT2D eigenvalue weighted by molar-refractivity contribution is 0.589. The maximum absolute atomic E-state index is 6.51. The summed E-state index contributed by atoms with van der Waals surface area (Å²) in [6.45, 7) is 6.82. The second kappa shape index (κ2) is 15.3. The molecule has 8 aromatic carbocycles. The maximum Gasteiger partial charge on any atom is 0.164 e. The number of furan rings is 1. The molecule has 0 amide bonds. The van der Waals surface area contributed by atoms with Crippen LogP contribution in [0.4, 0.5) is 0 Å². The van der Waals surface area contributed by atoms with E-state index in [1.165, 1.54) is 25.1 Å². The molecule has 0 atom stereocenters. The number of nitrogens with zero attached hydrogens (tertiary/aromatic N) is 3. The van der Waals surface area contributed by atoms with Crippen LogP contribution in [0.2, 0.25) is 0 Å². The summed E-state index contributed by atoms with van der Waals surface area (Å²) in [6, 6.07) is 73.4. The molecule has 10 aromatic rings. The highest BCUT2D eigenvalue weighted by Crippen LogP contribution is 2.73. The van der Waals surface area contributed by atoms with E-state index in [1.807, 2.05) is 72.8 Å². The van der Waals surface area contributed by atoms with Crippen molar-refractivity contribution in [2.45, 2.75) is 45.8 Å². The number of fused-ring (bicyclic) bond motifs is 3.